The van der Waals surface area contributed by atoms with Gasteiger partial charge < -0.3 is 15.2 Å². The molecule has 2 aromatic rings. The fourth-order valence-electron chi connectivity index (χ4n) is 1.86. The molecule has 0 spiro atoms. The lowest BCUT2D eigenvalue weighted by atomic mass is 10.2. The maximum atomic E-state index is 11.9. The lowest BCUT2D eigenvalue weighted by molar-refractivity contribution is -0.139. The molecule has 0 aliphatic heterocycles. The molecule has 5 nitrogen and oxygen atoms in total. The molecule has 0 radical (unpaired) electrons. The second kappa shape index (κ2) is 9.20. The number of carboxylic acids is 1. The molecule has 0 aliphatic rings. The zero-order chi connectivity index (χ0) is 17.4. The van der Waals surface area contributed by atoms with Crippen molar-refractivity contribution in [3.8, 4) is 5.75 Å². The van der Waals surface area contributed by atoms with Gasteiger partial charge in [0.25, 0.3) is 0 Å². The molecule has 1 amide bonds. The molecule has 0 heterocycles. The Morgan fingerprint density at radius 2 is 1.92 bits per heavy atom. The van der Waals surface area contributed by atoms with Gasteiger partial charge in [0.2, 0.25) is 5.91 Å². The predicted molar refractivity (Wildman–Crippen MR) is 95.8 cm³/mol. The van der Waals surface area contributed by atoms with Gasteiger partial charge in [-0.15, -0.1) is 11.8 Å². The van der Waals surface area contributed by atoms with Crippen molar-refractivity contribution in [1.29, 1.82) is 0 Å². The van der Waals surface area contributed by atoms with Crippen LogP contribution in [0.2, 0.25) is 5.02 Å². The van der Waals surface area contributed by atoms with Crippen LogP contribution in [0.25, 0.3) is 0 Å². The first-order chi connectivity index (χ1) is 11.5. The van der Waals surface area contributed by atoms with Crippen LogP contribution in [0.3, 0.4) is 0 Å². The van der Waals surface area contributed by atoms with Crippen molar-refractivity contribution < 1.29 is 19.4 Å². The highest BCUT2D eigenvalue weighted by Gasteiger charge is 2.04. The molecule has 7 heteroatoms. The number of anilines is 1. The first-order valence-electron chi connectivity index (χ1n) is 7.09. The van der Waals surface area contributed by atoms with Crippen molar-refractivity contribution in [2.75, 3.05) is 17.7 Å². The van der Waals surface area contributed by atoms with Crippen LogP contribution in [-0.2, 0) is 15.3 Å². The summed E-state index contributed by atoms with van der Waals surface area (Å²) in [5.74, 6) is 0.316. The van der Waals surface area contributed by atoms with Crippen molar-refractivity contribution in [3.05, 3.63) is 59.1 Å². The Bertz CT molecular complexity index is 706. The number of carbonyl (C=O) groups excluding carboxylic acids is 1. The van der Waals surface area contributed by atoms with Crippen molar-refractivity contribution in [2.45, 2.75) is 5.75 Å². The van der Waals surface area contributed by atoms with E-state index in [1.54, 1.807) is 24.3 Å². The largest absolute Gasteiger partial charge is 0.482 e. The van der Waals surface area contributed by atoms with E-state index in [2.05, 4.69) is 5.32 Å². The summed E-state index contributed by atoms with van der Waals surface area (Å²) in [6, 6.07) is 14.1. The Labute approximate surface area is 149 Å². The number of aliphatic carboxylic acids is 1. The number of ether oxygens (including phenoxy) is 1. The average molecular weight is 366 g/mol. The number of hydrogen-bond donors (Lipinski definition) is 2. The molecule has 24 heavy (non-hydrogen) atoms. The number of nitrogens with one attached hydrogen (secondary N) is 1. The van der Waals surface area contributed by atoms with E-state index < -0.39 is 12.6 Å². The van der Waals surface area contributed by atoms with Crippen LogP contribution >= 0.6 is 23.4 Å². The van der Waals surface area contributed by atoms with Gasteiger partial charge in [-0.25, -0.2) is 4.79 Å². The Morgan fingerprint density at radius 1 is 1.17 bits per heavy atom. The Balaban J connectivity index is 1.74. The van der Waals surface area contributed by atoms with Gasteiger partial charge >= 0.3 is 5.97 Å². The molecule has 0 aromatic heterocycles. The third kappa shape index (κ3) is 6.52. The van der Waals surface area contributed by atoms with E-state index in [1.165, 1.54) is 11.8 Å². The topological polar surface area (TPSA) is 75.6 Å². The molecule has 2 rings (SSSR count). The lowest BCUT2D eigenvalue weighted by Gasteiger charge is -2.07. The SMILES string of the molecule is O=C(O)COc1ccc(NC(=O)CSCc2cccc(Cl)c2)cc1. The number of carbonyl (C=O) groups is 2. The van der Waals surface area contributed by atoms with Gasteiger partial charge in [-0.2, -0.15) is 0 Å². The molecule has 0 bridgehead atoms. The fourth-order valence-corrected chi connectivity index (χ4v) is 2.85. The number of thioether (sulfide) groups is 1. The minimum Gasteiger partial charge on any atom is -0.482 e. The normalized spacial score (nSPS) is 10.2. The highest BCUT2D eigenvalue weighted by Crippen LogP contribution is 2.18. The number of rotatable bonds is 8. The van der Waals surface area contributed by atoms with Gasteiger partial charge in [-0.05, 0) is 42.0 Å². The summed E-state index contributed by atoms with van der Waals surface area (Å²) in [6.07, 6.45) is 0. The molecule has 2 N–H and O–H groups in total. The summed E-state index contributed by atoms with van der Waals surface area (Å²) in [5.41, 5.74) is 1.70. The predicted octanol–water partition coefficient (Wildman–Crippen LogP) is 3.68. The number of amides is 1. The standard InChI is InChI=1S/C17H16ClNO4S/c18-13-3-1-2-12(8-13)10-24-11-16(20)19-14-4-6-15(7-5-14)23-9-17(21)22/h1-8H,9-11H2,(H,19,20)(H,21,22). The second-order valence-electron chi connectivity index (χ2n) is 4.88. The smallest absolute Gasteiger partial charge is 0.341 e. The molecule has 126 valence electrons. The van der Waals surface area contributed by atoms with Gasteiger partial charge in [0, 0.05) is 16.5 Å². The van der Waals surface area contributed by atoms with E-state index in [4.69, 9.17) is 21.4 Å². The van der Waals surface area contributed by atoms with E-state index >= 15 is 0 Å². The molecule has 0 unspecified atom stereocenters. The maximum absolute atomic E-state index is 11.9. The van der Waals surface area contributed by atoms with E-state index in [0.29, 0.717) is 28.0 Å². The minimum atomic E-state index is -1.04. The number of halogens is 1. The van der Waals surface area contributed by atoms with Crippen LogP contribution in [0.4, 0.5) is 5.69 Å². The average Bonchev–Trinajstić information content (AvgIpc) is 2.54. The second-order valence-corrected chi connectivity index (χ2v) is 6.30. The van der Waals surface area contributed by atoms with Gasteiger partial charge in [-0.1, -0.05) is 23.7 Å². The molecular weight excluding hydrogens is 350 g/mol. The summed E-state index contributed by atoms with van der Waals surface area (Å²) >= 11 is 7.41. The van der Waals surface area contributed by atoms with Crippen LogP contribution in [0, 0.1) is 0 Å². The molecule has 0 fully saturated rings. The summed E-state index contributed by atoms with van der Waals surface area (Å²) in [5, 5.41) is 12.0. The minimum absolute atomic E-state index is 0.110. The number of hydrogen-bond acceptors (Lipinski definition) is 4. The highest BCUT2D eigenvalue weighted by atomic mass is 35.5. The van der Waals surface area contributed by atoms with Gasteiger partial charge in [0.05, 0.1) is 5.75 Å². The number of carboxylic acid groups (broad SMARTS) is 1. The summed E-state index contributed by atoms with van der Waals surface area (Å²) in [4.78, 5) is 22.3. The summed E-state index contributed by atoms with van der Waals surface area (Å²) in [6.45, 7) is -0.397. The third-order valence-electron chi connectivity index (χ3n) is 2.89. The first kappa shape index (κ1) is 18.2. The van der Waals surface area contributed by atoms with Crippen LogP contribution < -0.4 is 10.1 Å². The molecule has 0 atom stereocenters. The molecular formula is C17H16ClNO4S. The molecule has 0 saturated heterocycles. The van der Waals surface area contributed by atoms with Crippen molar-refractivity contribution in [2.24, 2.45) is 0 Å². The van der Waals surface area contributed by atoms with E-state index in [9.17, 15) is 9.59 Å². The van der Waals surface area contributed by atoms with Crippen molar-refractivity contribution in [1.82, 2.24) is 0 Å². The van der Waals surface area contributed by atoms with Gasteiger partial charge in [-0.3, -0.25) is 4.79 Å². The van der Waals surface area contributed by atoms with E-state index in [1.807, 2.05) is 24.3 Å². The number of benzene rings is 2. The van der Waals surface area contributed by atoms with Crippen LogP contribution in [-0.4, -0.2) is 29.3 Å². The Morgan fingerprint density at radius 3 is 2.58 bits per heavy atom. The van der Waals surface area contributed by atoms with Crippen LogP contribution in [0.1, 0.15) is 5.56 Å². The van der Waals surface area contributed by atoms with Crippen molar-refractivity contribution >= 4 is 40.9 Å². The van der Waals surface area contributed by atoms with Gasteiger partial charge in [0.15, 0.2) is 6.61 Å². The fraction of sp³-hybridized carbons (Fsp3) is 0.176. The summed E-state index contributed by atoms with van der Waals surface area (Å²) < 4.78 is 5.02. The van der Waals surface area contributed by atoms with E-state index in [0.717, 1.165) is 5.56 Å². The monoisotopic (exact) mass is 365 g/mol. The Hall–Kier alpha value is -2.18. The van der Waals surface area contributed by atoms with E-state index in [-0.39, 0.29) is 5.91 Å². The highest BCUT2D eigenvalue weighted by molar-refractivity contribution is 7.99. The summed E-state index contributed by atoms with van der Waals surface area (Å²) in [7, 11) is 0. The zero-order valence-corrected chi connectivity index (χ0v) is 14.3. The third-order valence-corrected chi connectivity index (χ3v) is 4.13. The van der Waals surface area contributed by atoms with Gasteiger partial charge in [0.1, 0.15) is 5.75 Å². The first-order valence-corrected chi connectivity index (χ1v) is 8.63. The Kier molecular flexibility index (Phi) is 6.96. The molecule has 2 aromatic carbocycles. The zero-order valence-electron chi connectivity index (χ0n) is 12.7. The quantitative estimate of drug-likeness (QED) is 0.746. The molecule has 0 aliphatic carbocycles. The van der Waals surface area contributed by atoms with Crippen molar-refractivity contribution in [3.63, 3.8) is 0 Å². The molecule has 0 saturated carbocycles. The lowest BCUT2D eigenvalue weighted by Crippen LogP contribution is -2.14. The van der Waals surface area contributed by atoms with Crippen LogP contribution in [0.5, 0.6) is 5.75 Å². The van der Waals surface area contributed by atoms with Crippen LogP contribution in [0.15, 0.2) is 48.5 Å². The maximum Gasteiger partial charge on any atom is 0.341 e.